The van der Waals surface area contributed by atoms with E-state index in [0.717, 1.165) is 5.75 Å². The highest BCUT2D eigenvalue weighted by molar-refractivity contribution is 8.13. The van der Waals surface area contributed by atoms with Gasteiger partial charge in [-0.25, -0.2) is 4.99 Å². The van der Waals surface area contributed by atoms with Gasteiger partial charge in [-0.05, 0) is 12.5 Å². The summed E-state index contributed by atoms with van der Waals surface area (Å²) in [5.74, 6) is 0.612. The fraction of sp³-hybridized carbons (Fsp3) is 0.231. The molecule has 2 heterocycles. The summed E-state index contributed by atoms with van der Waals surface area (Å²) in [4.78, 5) is 16.1. The number of fused-ring (bicyclic) bond motifs is 1. The van der Waals surface area contributed by atoms with Gasteiger partial charge in [-0.15, -0.1) is 0 Å². The lowest BCUT2D eigenvalue weighted by atomic mass is 10.2. The molecule has 1 amide bonds. The summed E-state index contributed by atoms with van der Waals surface area (Å²) in [6, 6.07) is 8.27. The largest absolute Gasteiger partial charge is 0.301 e. The van der Waals surface area contributed by atoms with Crippen LogP contribution in [0.15, 0.2) is 51.3 Å². The molecule has 0 saturated carbocycles. The number of hydrogen-bond donors (Lipinski definition) is 1. The lowest BCUT2D eigenvalue weighted by Gasteiger charge is -2.17. The van der Waals surface area contributed by atoms with Crippen LogP contribution in [0.1, 0.15) is 11.1 Å². The van der Waals surface area contributed by atoms with Gasteiger partial charge in [0.05, 0.1) is 11.8 Å². The second-order valence-electron chi connectivity index (χ2n) is 4.36. The summed E-state index contributed by atoms with van der Waals surface area (Å²) in [5.41, 5.74) is 2.94. The Morgan fingerprint density at radius 2 is 2.32 bits per heavy atom. The number of thioether (sulfide) groups is 1. The van der Waals surface area contributed by atoms with Gasteiger partial charge >= 0.3 is 0 Å². The van der Waals surface area contributed by atoms with E-state index in [1.165, 1.54) is 29.1 Å². The van der Waals surface area contributed by atoms with Crippen LogP contribution < -0.4 is 5.32 Å². The number of amides is 1. The maximum Gasteiger partial charge on any atom is 0.258 e. The number of carbonyl (C=O) groups is 1. The third kappa shape index (κ3) is 2.58. The van der Waals surface area contributed by atoms with Crippen molar-refractivity contribution in [2.75, 3.05) is 0 Å². The van der Waals surface area contributed by atoms with E-state index in [9.17, 15) is 4.79 Å². The van der Waals surface area contributed by atoms with Gasteiger partial charge in [-0.1, -0.05) is 41.6 Å². The van der Waals surface area contributed by atoms with Crippen LogP contribution in [0.5, 0.6) is 0 Å². The molecule has 3 rings (SSSR count). The molecule has 0 radical (unpaired) electrons. The highest BCUT2D eigenvalue weighted by Crippen LogP contribution is 2.23. The van der Waals surface area contributed by atoms with Crippen molar-refractivity contribution in [2.45, 2.75) is 18.8 Å². The van der Waals surface area contributed by atoms with E-state index in [1.54, 1.807) is 0 Å². The Labute approximate surface area is 114 Å². The van der Waals surface area contributed by atoms with Crippen molar-refractivity contribution in [1.29, 1.82) is 0 Å². The average molecular weight is 272 g/mol. The molecule has 1 aromatic rings. The second kappa shape index (κ2) is 4.97. The average Bonchev–Trinajstić information content (AvgIpc) is 2.85. The van der Waals surface area contributed by atoms with Crippen molar-refractivity contribution in [1.82, 2.24) is 5.32 Å². The first-order chi connectivity index (χ1) is 9.22. The van der Waals surface area contributed by atoms with Crippen LogP contribution in [0.3, 0.4) is 0 Å². The van der Waals surface area contributed by atoms with Crippen LogP contribution in [-0.2, 0) is 10.5 Å². The van der Waals surface area contributed by atoms with Crippen LogP contribution in [0.4, 0.5) is 0 Å². The normalized spacial score (nSPS) is 20.7. The molecule has 1 unspecified atom stereocenters. The lowest BCUT2D eigenvalue weighted by Crippen LogP contribution is -2.37. The van der Waals surface area contributed by atoms with Crippen LogP contribution in [0, 0.1) is 6.92 Å². The Morgan fingerprint density at radius 3 is 3.16 bits per heavy atom. The zero-order chi connectivity index (χ0) is 13.2. The monoisotopic (exact) mass is 272 g/mol. The maximum atomic E-state index is 11.8. The molecule has 0 saturated heterocycles. The topological polar surface area (TPSA) is 66.2 Å². The first-order valence-electron chi connectivity index (χ1n) is 5.90. The molecule has 0 spiro atoms. The first kappa shape index (κ1) is 12.1. The summed E-state index contributed by atoms with van der Waals surface area (Å²) in [7, 11) is 0. The molecule has 1 atom stereocenters. The number of benzene rings is 1. The molecule has 1 N–H and O–H groups in total. The number of hydrogen-bond acceptors (Lipinski definition) is 5. The van der Waals surface area contributed by atoms with E-state index in [0.29, 0.717) is 10.7 Å². The highest BCUT2D eigenvalue weighted by Gasteiger charge is 2.29. The third-order valence-corrected chi connectivity index (χ3v) is 3.79. The molecule has 96 valence electrons. The first-order valence-corrected chi connectivity index (χ1v) is 6.88. The van der Waals surface area contributed by atoms with Gasteiger partial charge in [-0.2, -0.15) is 10.2 Å². The Morgan fingerprint density at radius 1 is 1.42 bits per heavy atom. The Balaban J connectivity index is 1.69. The summed E-state index contributed by atoms with van der Waals surface area (Å²) in [6.07, 6.45) is 1.01. The van der Waals surface area contributed by atoms with Crippen LogP contribution >= 0.6 is 11.8 Å². The standard InChI is InChI=1S/C13H12N4OS/c1-8-3-2-4-9(5-8)7-19-13-15-11-10(6-14-17-11)12(18)16-13/h2-6,11H,7H2,1H3,(H,15,16,18). The highest BCUT2D eigenvalue weighted by atomic mass is 32.2. The van der Waals surface area contributed by atoms with E-state index in [1.807, 2.05) is 6.07 Å². The molecule has 0 fully saturated rings. The zero-order valence-electron chi connectivity index (χ0n) is 10.3. The summed E-state index contributed by atoms with van der Waals surface area (Å²) >= 11 is 1.50. The SMILES string of the molecule is Cc1cccc(CSC2=NC3N=NC=C3C(=O)N2)c1. The van der Waals surface area contributed by atoms with Crippen molar-refractivity contribution in [3.05, 3.63) is 47.2 Å². The Kier molecular flexibility index (Phi) is 3.16. The molecule has 0 aliphatic carbocycles. The van der Waals surface area contributed by atoms with Gasteiger partial charge in [0.15, 0.2) is 11.3 Å². The van der Waals surface area contributed by atoms with Gasteiger partial charge in [0.2, 0.25) is 0 Å². The minimum Gasteiger partial charge on any atom is -0.301 e. The Bertz CT molecular complexity index is 621. The van der Waals surface area contributed by atoms with Gasteiger partial charge in [0.1, 0.15) is 0 Å². The van der Waals surface area contributed by atoms with Crippen molar-refractivity contribution in [2.24, 2.45) is 15.2 Å². The fourth-order valence-electron chi connectivity index (χ4n) is 1.90. The fourth-order valence-corrected chi connectivity index (χ4v) is 2.72. The number of nitrogens with zero attached hydrogens (tertiary/aromatic N) is 3. The Hall–Kier alpha value is -1.95. The van der Waals surface area contributed by atoms with Gasteiger partial charge in [0.25, 0.3) is 5.91 Å². The number of rotatable bonds is 2. The molecule has 19 heavy (non-hydrogen) atoms. The molecule has 0 aromatic heterocycles. The van der Waals surface area contributed by atoms with Gasteiger partial charge in [0, 0.05) is 5.75 Å². The van der Waals surface area contributed by atoms with E-state index < -0.39 is 6.17 Å². The van der Waals surface area contributed by atoms with Gasteiger partial charge < -0.3 is 5.32 Å². The molecular weight excluding hydrogens is 260 g/mol. The predicted molar refractivity (Wildman–Crippen MR) is 74.8 cm³/mol. The maximum absolute atomic E-state index is 11.8. The number of carbonyl (C=O) groups excluding carboxylic acids is 1. The third-order valence-electron chi connectivity index (χ3n) is 2.83. The summed E-state index contributed by atoms with van der Waals surface area (Å²) in [5, 5.41) is 11.0. The molecule has 2 aliphatic heterocycles. The molecule has 0 bridgehead atoms. The van der Waals surface area contributed by atoms with E-state index in [-0.39, 0.29) is 5.91 Å². The second-order valence-corrected chi connectivity index (χ2v) is 5.32. The number of nitrogens with one attached hydrogen (secondary N) is 1. The number of azo groups is 1. The van der Waals surface area contributed by atoms with E-state index in [2.05, 4.69) is 45.7 Å². The van der Waals surface area contributed by atoms with Crippen LogP contribution in [0.25, 0.3) is 0 Å². The summed E-state index contributed by atoms with van der Waals surface area (Å²) < 4.78 is 0. The van der Waals surface area contributed by atoms with Crippen LogP contribution in [0.2, 0.25) is 0 Å². The van der Waals surface area contributed by atoms with E-state index >= 15 is 0 Å². The van der Waals surface area contributed by atoms with Crippen molar-refractivity contribution < 1.29 is 4.79 Å². The molecule has 1 aromatic carbocycles. The molecule has 2 aliphatic rings. The number of aryl methyl sites for hydroxylation is 1. The zero-order valence-corrected chi connectivity index (χ0v) is 11.1. The lowest BCUT2D eigenvalue weighted by molar-refractivity contribution is -0.116. The smallest absolute Gasteiger partial charge is 0.258 e. The number of aliphatic imine (C=N–C) groups is 1. The quantitative estimate of drug-likeness (QED) is 0.898. The molecule has 6 heteroatoms. The van der Waals surface area contributed by atoms with Crippen molar-refractivity contribution in [3.63, 3.8) is 0 Å². The van der Waals surface area contributed by atoms with E-state index in [4.69, 9.17) is 0 Å². The molecular formula is C13H12N4OS. The minimum absolute atomic E-state index is 0.156. The van der Waals surface area contributed by atoms with Gasteiger partial charge in [-0.3, -0.25) is 4.79 Å². The van der Waals surface area contributed by atoms with Crippen LogP contribution in [-0.4, -0.2) is 17.2 Å². The minimum atomic E-state index is -0.450. The van der Waals surface area contributed by atoms with Crippen molar-refractivity contribution >= 4 is 22.8 Å². The molecule has 5 nitrogen and oxygen atoms in total. The van der Waals surface area contributed by atoms with Crippen molar-refractivity contribution in [3.8, 4) is 0 Å². The predicted octanol–water partition coefficient (Wildman–Crippen LogP) is 2.39. The number of amidine groups is 1. The summed E-state index contributed by atoms with van der Waals surface area (Å²) in [6.45, 7) is 2.06.